The number of halogens is 1. The zero-order chi connectivity index (χ0) is 18.6. The Morgan fingerprint density at radius 3 is 2.33 bits per heavy atom. The number of nitrogens with zero attached hydrogens (tertiary/aromatic N) is 5. The third-order valence-corrected chi connectivity index (χ3v) is 5.47. The molecular weight excluding hydrogens is 347 g/mol. The normalized spacial score (nSPS) is 19.9. The van der Waals surface area contributed by atoms with Crippen molar-refractivity contribution in [3.05, 3.63) is 42.0 Å². The summed E-state index contributed by atoms with van der Waals surface area (Å²) < 4.78 is 13.4. The molecule has 2 fully saturated rings. The molecule has 2 aliphatic heterocycles. The molecule has 2 saturated heterocycles. The van der Waals surface area contributed by atoms with Gasteiger partial charge in [-0.15, -0.1) is 0 Å². The molecule has 1 aromatic heterocycles. The number of hydrogen-bond acceptors (Lipinski definition) is 5. The third-order valence-electron chi connectivity index (χ3n) is 5.47. The SMILES string of the molecule is O=C([C@@H](c1ccc(F)cc1)N1CCCCC1)N1CCN(c2ncn[nH]2)CC1. The summed E-state index contributed by atoms with van der Waals surface area (Å²) in [5.74, 6) is 0.582. The zero-order valence-electron chi connectivity index (χ0n) is 15.4. The van der Waals surface area contributed by atoms with Gasteiger partial charge in [-0.2, -0.15) is 10.1 Å². The summed E-state index contributed by atoms with van der Waals surface area (Å²) >= 11 is 0. The molecule has 8 heteroatoms. The maximum Gasteiger partial charge on any atom is 0.244 e. The summed E-state index contributed by atoms with van der Waals surface area (Å²) in [4.78, 5) is 23.9. The first-order valence-corrected chi connectivity index (χ1v) is 9.61. The number of H-pyrrole nitrogens is 1. The summed E-state index contributed by atoms with van der Waals surface area (Å²) in [5.41, 5.74) is 0.876. The minimum Gasteiger partial charge on any atom is -0.338 e. The summed E-state index contributed by atoms with van der Waals surface area (Å²) in [7, 11) is 0. The summed E-state index contributed by atoms with van der Waals surface area (Å²) in [6, 6.07) is 6.06. The van der Waals surface area contributed by atoms with E-state index in [2.05, 4.69) is 25.0 Å². The van der Waals surface area contributed by atoms with Crippen molar-refractivity contribution < 1.29 is 9.18 Å². The van der Waals surface area contributed by atoms with Crippen LogP contribution in [0.3, 0.4) is 0 Å². The van der Waals surface area contributed by atoms with Crippen molar-refractivity contribution in [2.45, 2.75) is 25.3 Å². The number of amides is 1. The Hall–Kier alpha value is -2.48. The molecule has 2 aromatic rings. The van der Waals surface area contributed by atoms with Gasteiger partial charge in [-0.05, 0) is 43.6 Å². The molecule has 0 aliphatic carbocycles. The van der Waals surface area contributed by atoms with E-state index in [0.29, 0.717) is 13.1 Å². The molecule has 144 valence electrons. The lowest BCUT2D eigenvalue weighted by atomic mass is 10.00. The van der Waals surface area contributed by atoms with Crippen molar-refractivity contribution in [3.63, 3.8) is 0 Å². The first kappa shape index (κ1) is 17.9. The highest BCUT2D eigenvalue weighted by atomic mass is 19.1. The first-order chi connectivity index (χ1) is 13.2. The van der Waals surface area contributed by atoms with E-state index in [4.69, 9.17) is 0 Å². The number of anilines is 1. The van der Waals surface area contributed by atoms with Crippen LogP contribution < -0.4 is 4.90 Å². The topological polar surface area (TPSA) is 68.4 Å². The Morgan fingerprint density at radius 2 is 1.70 bits per heavy atom. The zero-order valence-corrected chi connectivity index (χ0v) is 15.4. The number of rotatable bonds is 4. The van der Waals surface area contributed by atoms with E-state index in [1.165, 1.54) is 24.9 Å². The lowest BCUT2D eigenvalue weighted by Crippen LogP contribution is -2.53. The number of likely N-dealkylation sites (tertiary alicyclic amines) is 1. The van der Waals surface area contributed by atoms with Crippen molar-refractivity contribution in [1.82, 2.24) is 25.0 Å². The minimum absolute atomic E-state index is 0.112. The molecule has 0 unspecified atom stereocenters. The smallest absolute Gasteiger partial charge is 0.244 e. The molecule has 2 aliphatic rings. The largest absolute Gasteiger partial charge is 0.338 e. The molecule has 0 saturated carbocycles. The number of carbonyl (C=O) groups is 1. The number of piperazine rings is 1. The van der Waals surface area contributed by atoms with Crippen LogP contribution in [-0.2, 0) is 4.79 Å². The maximum absolute atomic E-state index is 13.4. The number of benzene rings is 1. The summed E-state index contributed by atoms with van der Waals surface area (Å²) in [6.45, 7) is 4.54. The Balaban J connectivity index is 1.49. The van der Waals surface area contributed by atoms with Crippen LogP contribution in [-0.4, -0.2) is 70.2 Å². The van der Waals surface area contributed by atoms with Gasteiger partial charge in [0.1, 0.15) is 18.2 Å². The van der Waals surface area contributed by atoms with Gasteiger partial charge in [-0.3, -0.25) is 9.69 Å². The molecule has 1 aromatic carbocycles. The lowest BCUT2D eigenvalue weighted by molar-refractivity contribution is -0.138. The van der Waals surface area contributed by atoms with Gasteiger partial charge in [0.15, 0.2) is 0 Å². The van der Waals surface area contributed by atoms with Gasteiger partial charge in [0.2, 0.25) is 11.9 Å². The van der Waals surface area contributed by atoms with Crippen molar-refractivity contribution in [2.75, 3.05) is 44.2 Å². The summed E-state index contributed by atoms with van der Waals surface area (Å²) in [5, 5.41) is 6.77. The molecular formula is C19H25FN6O. The highest BCUT2D eigenvalue weighted by molar-refractivity contribution is 5.83. The minimum atomic E-state index is -0.331. The molecule has 1 N–H and O–H groups in total. The van der Waals surface area contributed by atoms with Crippen LogP contribution in [0.25, 0.3) is 0 Å². The highest BCUT2D eigenvalue weighted by Crippen LogP contribution is 2.27. The van der Waals surface area contributed by atoms with Crippen LogP contribution in [0.4, 0.5) is 10.3 Å². The Labute approximate surface area is 158 Å². The van der Waals surface area contributed by atoms with Crippen molar-refractivity contribution in [1.29, 1.82) is 0 Å². The van der Waals surface area contributed by atoms with Gasteiger partial charge in [0, 0.05) is 26.2 Å². The van der Waals surface area contributed by atoms with E-state index in [1.807, 2.05) is 4.90 Å². The Morgan fingerprint density at radius 1 is 1.00 bits per heavy atom. The predicted molar refractivity (Wildman–Crippen MR) is 99.7 cm³/mol. The molecule has 3 heterocycles. The molecule has 27 heavy (non-hydrogen) atoms. The van der Waals surface area contributed by atoms with Crippen LogP contribution in [0.1, 0.15) is 30.9 Å². The van der Waals surface area contributed by atoms with E-state index in [9.17, 15) is 9.18 Å². The van der Waals surface area contributed by atoms with Gasteiger partial charge in [0.25, 0.3) is 0 Å². The predicted octanol–water partition coefficient (Wildman–Crippen LogP) is 1.82. The molecule has 1 amide bonds. The van der Waals surface area contributed by atoms with Crippen LogP contribution in [0.2, 0.25) is 0 Å². The molecule has 7 nitrogen and oxygen atoms in total. The average Bonchev–Trinajstić information content (AvgIpc) is 3.25. The third kappa shape index (κ3) is 3.95. The van der Waals surface area contributed by atoms with E-state index in [1.54, 1.807) is 12.1 Å². The fourth-order valence-electron chi connectivity index (χ4n) is 3.99. The number of piperidine rings is 1. The van der Waals surface area contributed by atoms with Crippen LogP contribution in [0.5, 0.6) is 0 Å². The lowest BCUT2D eigenvalue weighted by Gasteiger charge is -2.40. The molecule has 0 spiro atoms. The second-order valence-electron chi connectivity index (χ2n) is 7.17. The van der Waals surface area contributed by atoms with Gasteiger partial charge in [-0.1, -0.05) is 18.6 Å². The standard InChI is InChI=1S/C19H25FN6O/c20-16-6-4-15(5-7-16)17(24-8-2-1-3-9-24)18(27)25-10-12-26(13-11-25)19-21-14-22-23-19/h4-7,14,17H,1-3,8-13H2,(H,21,22,23)/t17-/m1/s1. The number of aromatic nitrogens is 3. The molecule has 0 radical (unpaired) electrons. The van der Waals surface area contributed by atoms with Crippen molar-refractivity contribution in [2.24, 2.45) is 0 Å². The molecule has 0 bridgehead atoms. The van der Waals surface area contributed by atoms with Crippen LogP contribution in [0, 0.1) is 5.82 Å². The number of aromatic amines is 1. The number of hydrogen-bond donors (Lipinski definition) is 1. The number of nitrogens with one attached hydrogen (secondary N) is 1. The van der Waals surface area contributed by atoms with Gasteiger partial charge in [-0.25, -0.2) is 9.49 Å². The maximum atomic E-state index is 13.4. The molecule has 4 rings (SSSR count). The van der Waals surface area contributed by atoms with Gasteiger partial charge >= 0.3 is 0 Å². The quantitative estimate of drug-likeness (QED) is 0.887. The van der Waals surface area contributed by atoms with E-state index in [0.717, 1.165) is 50.5 Å². The fraction of sp³-hybridized carbons (Fsp3) is 0.526. The summed E-state index contributed by atoms with van der Waals surface area (Å²) in [6.07, 6.45) is 4.90. The Kier molecular flexibility index (Phi) is 5.33. The second kappa shape index (κ2) is 8.04. The van der Waals surface area contributed by atoms with Crippen LogP contribution >= 0.6 is 0 Å². The van der Waals surface area contributed by atoms with Gasteiger partial charge in [0.05, 0.1) is 0 Å². The first-order valence-electron chi connectivity index (χ1n) is 9.61. The van der Waals surface area contributed by atoms with Crippen molar-refractivity contribution in [3.8, 4) is 0 Å². The van der Waals surface area contributed by atoms with E-state index < -0.39 is 0 Å². The Bertz CT molecular complexity index is 736. The van der Waals surface area contributed by atoms with Crippen LogP contribution in [0.15, 0.2) is 30.6 Å². The monoisotopic (exact) mass is 372 g/mol. The van der Waals surface area contributed by atoms with E-state index >= 15 is 0 Å². The van der Waals surface area contributed by atoms with E-state index in [-0.39, 0.29) is 17.8 Å². The number of carbonyl (C=O) groups excluding carboxylic acids is 1. The highest BCUT2D eigenvalue weighted by Gasteiger charge is 2.33. The molecule has 1 atom stereocenters. The van der Waals surface area contributed by atoms with Crippen molar-refractivity contribution >= 4 is 11.9 Å². The van der Waals surface area contributed by atoms with Gasteiger partial charge < -0.3 is 9.80 Å². The fourth-order valence-corrected chi connectivity index (χ4v) is 3.99. The second-order valence-corrected chi connectivity index (χ2v) is 7.17. The average molecular weight is 372 g/mol.